The van der Waals surface area contributed by atoms with Crippen LogP contribution in [0, 0.1) is 5.92 Å². The molecule has 2 aliphatic heterocycles. The molecule has 0 aliphatic carbocycles. The molecule has 2 N–H and O–H groups in total. The van der Waals surface area contributed by atoms with E-state index in [1.165, 1.54) is 18.4 Å². The van der Waals surface area contributed by atoms with Crippen molar-refractivity contribution in [3.63, 3.8) is 0 Å². The van der Waals surface area contributed by atoms with Crippen molar-refractivity contribution in [1.29, 1.82) is 0 Å². The lowest BCUT2D eigenvalue weighted by atomic mass is 9.85. The molecule has 2 aromatic carbocycles. The summed E-state index contributed by atoms with van der Waals surface area (Å²) >= 11 is 0. The zero-order chi connectivity index (χ0) is 23.5. The molecule has 33 heavy (non-hydrogen) atoms. The van der Waals surface area contributed by atoms with Gasteiger partial charge in [-0.25, -0.2) is 0 Å². The van der Waals surface area contributed by atoms with E-state index in [1.54, 1.807) is 13.2 Å². The highest BCUT2D eigenvalue weighted by molar-refractivity contribution is 5.79. The quantitative estimate of drug-likeness (QED) is 0.670. The van der Waals surface area contributed by atoms with Gasteiger partial charge in [-0.2, -0.15) is 0 Å². The highest BCUT2D eigenvalue weighted by Gasteiger charge is 2.34. The van der Waals surface area contributed by atoms with E-state index in [0.29, 0.717) is 24.1 Å². The second-order valence-electron chi connectivity index (χ2n) is 9.67. The number of likely N-dealkylation sites (tertiary alicyclic amines) is 1. The van der Waals surface area contributed by atoms with Crippen LogP contribution in [0.15, 0.2) is 36.4 Å². The maximum atomic E-state index is 12.7. The Morgan fingerprint density at radius 2 is 2.15 bits per heavy atom. The van der Waals surface area contributed by atoms with Gasteiger partial charge < -0.3 is 24.8 Å². The lowest BCUT2D eigenvalue weighted by molar-refractivity contribution is -0.121. The number of hydrogen-bond donors (Lipinski definition) is 2. The summed E-state index contributed by atoms with van der Waals surface area (Å²) in [5.74, 6) is 2.08. The van der Waals surface area contributed by atoms with Crippen LogP contribution < -0.4 is 14.8 Å². The van der Waals surface area contributed by atoms with Gasteiger partial charge in [-0.15, -0.1) is 0 Å². The van der Waals surface area contributed by atoms with Crippen molar-refractivity contribution in [1.82, 2.24) is 10.2 Å². The Labute approximate surface area is 196 Å². The summed E-state index contributed by atoms with van der Waals surface area (Å²) in [6.07, 6.45) is 4.22. The van der Waals surface area contributed by atoms with Crippen molar-refractivity contribution < 1.29 is 19.4 Å². The Hall–Kier alpha value is -2.73. The number of carbonyl (C=O) groups is 1. The number of fused-ring (bicyclic) bond motifs is 1. The Morgan fingerprint density at radius 3 is 2.91 bits per heavy atom. The Kier molecular flexibility index (Phi) is 7.13. The molecule has 1 saturated heterocycles. The SMILES string of the molecule is COc1cccc(CC(=O)NC(C)C2Cc3c(CC4C(C)CCCN4C)ccc(O)c3O2)c1. The molecule has 0 saturated carbocycles. The average molecular weight is 453 g/mol. The van der Waals surface area contributed by atoms with E-state index in [0.717, 1.165) is 29.8 Å². The summed E-state index contributed by atoms with van der Waals surface area (Å²) in [6.45, 7) is 5.43. The molecule has 2 heterocycles. The number of nitrogens with one attached hydrogen (secondary N) is 1. The molecule has 2 aromatic rings. The van der Waals surface area contributed by atoms with E-state index in [-0.39, 0.29) is 30.2 Å². The molecular formula is C27H36N2O4. The van der Waals surface area contributed by atoms with Crippen molar-refractivity contribution >= 4 is 5.91 Å². The van der Waals surface area contributed by atoms with Gasteiger partial charge in [-0.1, -0.05) is 25.1 Å². The summed E-state index contributed by atoms with van der Waals surface area (Å²) in [5.41, 5.74) is 3.23. The van der Waals surface area contributed by atoms with Crippen molar-refractivity contribution in [2.24, 2.45) is 5.92 Å². The minimum Gasteiger partial charge on any atom is -0.504 e. The van der Waals surface area contributed by atoms with Gasteiger partial charge in [0.15, 0.2) is 11.5 Å². The molecule has 4 atom stereocenters. The molecule has 178 valence electrons. The van der Waals surface area contributed by atoms with E-state index in [1.807, 2.05) is 37.3 Å². The summed E-state index contributed by atoms with van der Waals surface area (Å²) in [4.78, 5) is 15.1. The summed E-state index contributed by atoms with van der Waals surface area (Å²) in [7, 11) is 3.83. The van der Waals surface area contributed by atoms with Crippen LogP contribution in [0.5, 0.6) is 17.2 Å². The molecule has 0 aromatic heterocycles. The standard InChI is InChI=1S/C27H36N2O4/c1-17-7-6-12-29(3)23(17)15-20-10-11-24(30)27-22(20)16-25(33-27)18(2)28-26(31)14-19-8-5-9-21(13-19)32-4/h5,8-11,13,17-18,23,25,30H,6-7,12,14-16H2,1-4H3,(H,28,31). The first-order valence-electron chi connectivity index (χ1n) is 12.0. The van der Waals surface area contributed by atoms with Crippen LogP contribution in [0.25, 0.3) is 0 Å². The Morgan fingerprint density at radius 1 is 1.33 bits per heavy atom. The smallest absolute Gasteiger partial charge is 0.224 e. The predicted molar refractivity (Wildman–Crippen MR) is 129 cm³/mol. The van der Waals surface area contributed by atoms with Crippen LogP contribution in [0.2, 0.25) is 0 Å². The lowest BCUT2D eigenvalue weighted by Gasteiger charge is -2.38. The van der Waals surface area contributed by atoms with Gasteiger partial charge in [0.05, 0.1) is 19.6 Å². The third-order valence-electron chi connectivity index (χ3n) is 7.28. The fraction of sp³-hybridized carbons (Fsp3) is 0.519. The number of benzene rings is 2. The topological polar surface area (TPSA) is 71.0 Å². The van der Waals surface area contributed by atoms with Crippen molar-refractivity contribution in [3.8, 4) is 17.2 Å². The van der Waals surface area contributed by atoms with Crippen molar-refractivity contribution in [3.05, 3.63) is 53.1 Å². The maximum Gasteiger partial charge on any atom is 0.224 e. The molecule has 4 rings (SSSR count). The highest BCUT2D eigenvalue weighted by Crippen LogP contribution is 2.41. The van der Waals surface area contributed by atoms with E-state index < -0.39 is 0 Å². The number of aromatic hydroxyl groups is 1. The molecule has 2 aliphatic rings. The van der Waals surface area contributed by atoms with Gasteiger partial charge in [0.1, 0.15) is 11.9 Å². The fourth-order valence-corrected chi connectivity index (χ4v) is 5.28. The number of likely N-dealkylation sites (N-methyl/N-ethyl adjacent to an activating group) is 1. The van der Waals surface area contributed by atoms with Gasteiger partial charge in [-0.05, 0) is 75.0 Å². The first-order chi connectivity index (χ1) is 15.9. The fourth-order valence-electron chi connectivity index (χ4n) is 5.28. The first kappa shape index (κ1) is 23.4. The molecule has 1 amide bonds. The zero-order valence-electron chi connectivity index (χ0n) is 20.1. The monoisotopic (exact) mass is 452 g/mol. The van der Waals surface area contributed by atoms with E-state index in [2.05, 4.69) is 24.2 Å². The van der Waals surface area contributed by atoms with Crippen LogP contribution in [0.1, 0.15) is 43.4 Å². The van der Waals surface area contributed by atoms with Crippen molar-refractivity contribution in [2.45, 2.75) is 64.1 Å². The minimum absolute atomic E-state index is 0.0580. The number of methoxy groups -OCH3 is 1. The lowest BCUT2D eigenvalue weighted by Crippen LogP contribution is -2.44. The number of piperidine rings is 1. The number of phenolic OH excluding ortho intramolecular Hbond substituents is 1. The van der Waals surface area contributed by atoms with E-state index in [9.17, 15) is 9.90 Å². The third kappa shape index (κ3) is 5.27. The van der Waals surface area contributed by atoms with Crippen LogP contribution in [-0.2, 0) is 24.1 Å². The third-order valence-corrected chi connectivity index (χ3v) is 7.28. The Balaban J connectivity index is 1.42. The average Bonchev–Trinajstić information content (AvgIpc) is 3.25. The van der Waals surface area contributed by atoms with E-state index >= 15 is 0 Å². The molecule has 0 spiro atoms. The van der Waals surface area contributed by atoms with Crippen LogP contribution in [0.4, 0.5) is 0 Å². The van der Waals surface area contributed by atoms with Gasteiger partial charge in [0.2, 0.25) is 5.91 Å². The van der Waals surface area contributed by atoms with Crippen molar-refractivity contribution in [2.75, 3.05) is 20.7 Å². The second-order valence-corrected chi connectivity index (χ2v) is 9.67. The van der Waals surface area contributed by atoms with Gasteiger partial charge >= 0.3 is 0 Å². The minimum atomic E-state index is -0.206. The number of nitrogens with zero attached hydrogens (tertiary/aromatic N) is 1. The molecule has 6 heteroatoms. The Bertz CT molecular complexity index is 982. The van der Waals surface area contributed by atoms with Crippen LogP contribution in [0.3, 0.4) is 0 Å². The number of carbonyl (C=O) groups excluding carboxylic acids is 1. The van der Waals surface area contributed by atoms with Gasteiger partial charge in [0, 0.05) is 18.0 Å². The zero-order valence-corrected chi connectivity index (χ0v) is 20.1. The van der Waals surface area contributed by atoms with Crippen LogP contribution >= 0.6 is 0 Å². The number of amides is 1. The molecular weight excluding hydrogens is 416 g/mol. The largest absolute Gasteiger partial charge is 0.504 e. The normalized spacial score (nSPS) is 23.5. The van der Waals surface area contributed by atoms with Crippen LogP contribution in [-0.4, -0.2) is 54.8 Å². The summed E-state index contributed by atoms with van der Waals surface area (Å²) in [6, 6.07) is 11.6. The molecule has 1 fully saturated rings. The number of phenols is 1. The molecule has 4 unspecified atom stereocenters. The van der Waals surface area contributed by atoms with E-state index in [4.69, 9.17) is 9.47 Å². The van der Waals surface area contributed by atoms with Gasteiger partial charge in [-0.3, -0.25) is 4.79 Å². The van der Waals surface area contributed by atoms with Gasteiger partial charge in [0.25, 0.3) is 0 Å². The molecule has 6 nitrogen and oxygen atoms in total. The molecule has 0 radical (unpaired) electrons. The summed E-state index contributed by atoms with van der Waals surface area (Å²) < 4.78 is 11.4. The first-order valence-corrected chi connectivity index (χ1v) is 12.0. The maximum absolute atomic E-state index is 12.7. The number of ether oxygens (including phenoxy) is 2. The summed E-state index contributed by atoms with van der Waals surface area (Å²) in [5, 5.41) is 13.5. The highest BCUT2D eigenvalue weighted by atomic mass is 16.5. The number of rotatable bonds is 7. The number of hydrogen-bond acceptors (Lipinski definition) is 5. The molecule has 0 bridgehead atoms. The second kappa shape index (κ2) is 10.0. The predicted octanol–water partition coefficient (Wildman–Crippen LogP) is 3.72.